The number of para-hydroxylation sites is 1. The van der Waals surface area contributed by atoms with E-state index in [0.29, 0.717) is 6.04 Å². The molecule has 0 unspecified atom stereocenters. The SMILES string of the molecule is Cc1nn(-c2ccccc2)c(C)c1C[NH2+]C[C@@H](c1ccccc1)[NH+](C)C. The first-order valence-corrected chi connectivity index (χ1v) is 9.35. The molecule has 1 aromatic heterocycles. The second-order valence-electron chi connectivity index (χ2n) is 7.17. The number of aryl methyl sites for hydroxylation is 1. The number of nitrogens with two attached hydrogens (primary N) is 1. The molecular weight excluding hydrogens is 320 g/mol. The van der Waals surface area contributed by atoms with Crippen molar-refractivity contribution >= 4 is 0 Å². The Morgan fingerprint density at radius 3 is 2.19 bits per heavy atom. The Morgan fingerprint density at radius 1 is 0.962 bits per heavy atom. The van der Waals surface area contributed by atoms with Gasteiger partial charge in [0.25, 0.3) is 0 Å². The van der Waals surface area contributed by atoms with E-state index in [4.69, 9.17) is 5.10 Å². The molecule has 4 nitrogen and oxygen atoms in total. The Morgan fingerprint density at radius 2 is 1.58 bits per heavy atom. The van der Waals surface area contributed by atoms with E-state index >= 15 is 0 Å². The van der Waals surface area contributed by atoms with E-state index in [1.54, 1.807) is 0 Å². The fourth-order valence-corrected chi connectivity index (χ4v) is 3.58. The van der Waals surface area contributed by atoms with Crippen molar-refractivity contribution in [2.45, 2.75) is 26.4 Å². The Bertz CT molecular complexity index is 822. The Kier molecular flexibility index (Phi) is 5.86. The van der Waals surface area contributed by atoms with Crippen molar-refractivity contribution < 1.29 is 10.2 Å². The van der Waals surface area contributed by atoms with Gasteiger partial charge in [-0.05, 0) is 26.0 Å². The maximum absolute atomic E-state index is 4.76. The molecule has 0 spiro atoms. The molecule has 1 heterocycles. The van der Waals surface area contributed by atoms with Gasteiger partial charge in [0.05, 0.1) is 36.7 Å². The molecular formula is C22H30N4+2. The first-order valence-electron chi connectivity index (χ1n) is 9.35. The number of hydrogen-bond acceptors (Lipinski definition) is 1. The van der Waals surface area contributed by atoms with Crippen molar-refractivity contribution in [1.82, 2.24) is 9.78 Å². The summed E-state index contributed by atoms with van der Waals surface area (Å²) in [5.41, 5.74) is 6.22. The third-order valence-corrected chi connectivity index (χ3v) is 5.09. The quantitative estimate of drug-likeness (QED) is 0.665. The van der Waals surface area contributed by atoms with Crippen LogP contribution in [0.4, 0.5) is 0 Å². The number of likely N-dealkylation sites (N-methyl/N-ethyl adjacent to an activating group) is 1. The number of quaternary nitrogens is 2. The van der Waals surface area contributed by atoms with Crippen molar-refractivity contribution in [3.05, 3.63) is 83.2 Å². The number of aromatic nitrogens is 2. The zero-order valence-electron chi connectivity index (χ0n) is 16.2. The smallest absolute Gasteiger partial charge is 0.162 e. The van der Waals surface area contributed by atoms with Crippen molar-refractivity contribution in [3.8, 4) is 5.69 Å². The molecule has 0 aliphatic heterocycles. The molecule has 0 saturated heterocycles. The first kappa shape index (κ1) is 18.4. The van der Waals surface area contributed by atoms with Crippen molar-refractivity contribution in [1.29, 1.82) is 0 Å². The lowest BCUT2D eigenvalue weighted by Crippen LogP contribution is -3.09. The van der Waals surface area contributed by atoms with Crippen LogP contribution in [0.2, 0.25) is 0 Å². The van der Waals surface area contributed by atoms with Gasteiger partial charge in [0.2, 0.25) is 0 Å². The number of hydrogen-bond donors (Lipinski definition) is 2. The van der Waals surface area contributed by atoms with Crippen LogP contribution in [0, 0.1) is 13.8 Å². The van der Waals surface area contributed by atoms with Gasteiger partial charge in [-0.15, -0.1) is 0 Å². The molecule has 0 bridgehead atoms. The number of nitrogens with zero attached hydrogens (tertiary/aromatic N) is 2. The van der Waals surface area contributed by atoms with Crippen molar-refractivity contribution in [3.63, 3.8) is 0 Å². The molecule has 3 rings (SSSR count). The summed E-state index contributed by atoms with van der Waals surface area (Å²) in [5.74, 6) is 0. The molecule has 0 amide bonds. The maximum Gasteiger partial charge on any atom is 0.162 e. The predicted molar refractivity (Wildman–Crippen MR) is 106 cm³/mol. The minimum absolute atomic E-state index is 0.487. The predicted octanol–water partition coefficient (Wildman–Crippen LogP) is 1.44. The molecule has 2 aromatic carbocycles. The van der Waals surface area contributed by atoms with Gasteiger partial charge in [0.1, 0.15) is 13.1 Å². The summed E-state index contributed by atoms with van der Waals surface area (Å²) in [6.45, 7) is 6.30. The monoisotopic (exact) mass is 350 g/mol. The van der Waals surface area contributed by atoms with Gasteiger partial charge in [-0.3, -0.25) is 0 Å². The highest BCUT2D eigenvalue weighted by Crippen LogP contribution is 2.16. The Hall–Kier alpha value is -2.43. The molecule has 0 aliphatic rings. The zero-order chi connectivity index (χ0) is 18.5. The molecule has 1 atom stereocenters. The third-order valence-electron chi connectivity index (χ3n) is 5.09. The van der Waals surface area contributed by atoms with Crippen molar-refractivity contribution in [2.75, 3.05) is 20.6 Å². The number of nitrogens with one attached hydrogen (secondary N) is 1. The van der Waals surface area contributed by atoms with Gasteiger partial charge < -0.3 is 10.2 Å². The van der Waals surface area contributed by atoms with E-state index in [1.165, 1.54) is 21.7 Å². The lowest BCUT2D eigenvalue weighted by atomic mass is 10.1. The summed E-state index contributed by atoms with van der Waals surface area (Å²) < 4.78 is 2.06. The molecule has 3 N–H and O–H groups in total. The number of benzene rings is 2. The van der Waals surface area contributed by atoms with Crippen LogP contribution in [0.1, 0.15) is 28.6 Å². The molecule has 0 aliphatic carbocycles. The normalized spacial score (nSPS) is 12.5. The highest BCUT2D eigenvalue weighted by molar-refractivity contribution is 5.36. The summed E-state index contributed by atoms with van der Waals surface area (Å²) in [5, 5.41) is 7.18. The third kappa shape index (κ3) is 4.03. The van der Waals surface area contributed by atoms with E-state index in [2.05, 4.69) is 92.5 Å². The molecule has 4 heteroatoms. The van der Waals surface area contributed by atoms with Crippen LogP contribution < -0.4 is 10.2 Å². The van der Waals surface area contributed by atoms with Gasteiger partial charge in [-0.2, -0.15) is 5.10 Å². The molecule has 0 radical (unpaired) electrons. The summed E-state index contributed by atoms with van der Waals surface area (Å²) in [6.07, 6.45) is 0. The Labute approximate surface area is 156 Å². The van der Waals surface area contributed by atoms with Crippen LogP contribution in [0.3, 0.4) is 0 Å². The van der Waals surface area contributed by atoms with E-state index < -0.39 is 0 Å². The van der Waals surface area contributed by atoms with Gasteiger partial charge in [-0.25, -0.2) is 4.68 Å². The summed E-state index contributed by atoms with van der Waals surface area (Å²) in [6, 6.07) is 21.7. The van der Waals surface area contributed by atoms with E-state index in [9.17, 15) is 0 Å². The molecule has 26 heavy (non-hydrogen) atoms. The highest BCUT2D eigenvalue weighted by Gasteiger charge is 2.20. The lowest BCUT2D eigenvalue weighted by Gasteiger charge is -2.20. The van der Waals surface area contributed by atoms with E-state index in [0.717, 1.165) is 24.5 Å². The largest absolute Gasteiger partial charge is 0.337 e. The van der Waals surface area contributed by atoms with Gasteiger partial charge in [-0.1, -0.05) is 48.5 Å². The van der Waals surface area contributed by atoms with Crippen LogP contribution >= 0.6 is 0 Å². The van der Waals surface area contributed by atoms with Crippen molar-refractivity contribution in [2.24, 2.45) is 0 Å². The van der Waals surface area contributed by atoms with Gasteiger partial charge >= 0.3 is 0 Å². The standard InChI is InChI=1S/C22H28N4/c1-17-21(18(2)26(24-17)20-13-9-6-10-14-20)15-23-16-22(25(3)4)19-11-7-5-8-12-19/h5-14,22-23H,15-16H2,1-4H3/p+2/t22-/m0/s1. The zero-order valence-corrected chi connectivity index (χ0v) is 16.2. The molecule has 0 fully saturated rings. The van der Waals surface area contributed by atoms with Crippen LogP contribution in [-0.4, -0.2) is 30.4 Å². The molecule has 136 valence electrons. The van der Waals surface area contributed by atoms with Gasteiger partial charge in [0, 0.05) is 5.56 Å². The van der Waals surface area contributed by atoms with E-state index in [-0.39, 0.29) is 0 Å². The summed E-state index contributed by atoms with van der Waals surface area (Å²) >= 11 is 0. The van der Waals surface area contributed by atoms with Crippen LogP contribution in [0.25, 0.3) is 5.69 Å². The van der Waals surface area contributed by atoms with Crippen LogP contribution in [-0.2, 0) is 6.54 Å². The second kappa shape index (κ2) is 8.30. The van der Waals surface area contributed by atoms with Crippen LogP contribution in [0.15, 0.2) is 60.7 Å². The minimum Gasteiger partial charge on any atom is -0.337 e. The maximum atomic E-state index is 4.76. The van der Waals surface area contributed by atoms with Gasteiger partial charge in [0.15, 0.2) is 6.04 Å². The first-order chi connectivity index (χ1) is 12.6. The summed E-state index contributed by atoms with van der Waals surface area (Å²) in [7, 11) is 4.46. The topological polar surface area (TPSA) is 38.9 Å². The average Bonchev–Trinajstić information content (AvgIpc) is 2.94. The number of rotatable bonds is 7. The highest BCUT2D eigenvalue weighted by atomic mass is 15.3. The second-order valence-corrected chi connectivity index (χ2v) is 7.17. The summed E-state index contributed by atoms with van der Waals surface area (Å²) in [4.78, 5) is 1.46. The molecule has 3 aromatic rings. The lowest BCUT2D eigenvalue weighted by molar-refractivity contribution is -0.910. The van der Waals surface area contributed by atoms with Crippen LogP contribution in [0.5, 0.6) is 0 Å². The fraction of sp³-hybridized carbons (Fsp3) is 0.318. The fourth-order valence-electron chi connectivity index (χ4n) is 3.58. The minimum atomic E-state index is 0.487. The van der Waals surface area contributed by atoms with E-state index in [1.807, 2.05) is 6.07 Å². The Balaban J connectivity index is 1.71. The average molecular weight is 351 g/mol. The molecule has 0 saturated carbocycles.